The lowest BCUT2D eigenvalue weighted by Crippen LogP contribution is -2.15. The molecule has 0 atom stereocenters. The van der Waals surface area contributed by atoms with E-state index in [0.29, 0.717) is 0 Å². The average molecular weight is 239 g/mol. The summed E-state index contributed by atoms with van der Waals surface area (Å²) in [6.45, 7) is 5.01. The van der Waals surface area contributed by atoms with E-state index in [0.717, 1.165) is 16.7 Å². The molecule has 0 radical (unpaired) electrons. The predicted octanol–water partition coefficient (Wildman–Crippen LogP) is 2.85. The highest BCUT2D eigenvalue weighted by Crippen LogP contribution is 2.22. The Kier molecular flexibility index (Phi) is 3.02. The van der Waals surface area contributed by atoms with Crippen molar-refractivity contribution in [1.29, 1.82) is 0 Å². The maximum absolute atomic E-state index is 4.12. The highest BCUT2D eigenvalue weighted by atomic mass is 32.1. The van der Waals surface area contributed by atoms with Crippen LogP contribution < -0.4 is 4.90 Å². The summed E-state index contributed by atoms with van der Waals surface area (Å²) >= 11 is 3.46. The van der Waals surface area contributed by atoms with E-state index in [1.807, 2.05) is 18.3 Å². The molecule has 0 aliphatic carbocycles. The molecule has 0 N–H and O–H groups in total. The third kappa shape index (κ3) is 2.54. The summed E-state index contributed by atoms with van der Waals surface area (Å²) < 4.78 is 0. The van der Waals surface area contributed by atoms with Gasteiger partial charge in [-0.15, -0.1) is 21.5 Å². The van der Waals surface area contributed by atoms with Crippen LogP contribution in [0.3, 0.4) is 0 Å². The standard InChI is InChI=1S/C10H13N3S2/c1-7-4-5-9(14-7)6-13(3)10-12-11-8(2)15-10/h4-5H,6H2,1-3H3. The van der Waals surface area contributed by atoms with Crippen molar-refractivity contribution < 1.29 is 0 Å². The number of nitrogens with zero attached hydrogens (tertiary/aromatic N) is 3. The lowest BCUT2D eigenvalue weighted by Gasteiger charge is -2.13. The number of rotatable bonds is 3. The second-order valence-electron chi connectivity index (χ2n) is 3.47. The number of hydrogen-bond acceptors (Lipinski definition) is 5. The SMILES string of the molecule is Cc1ccc(CN(C)c2nnc(C)s2)s1. The van der Waals surface area contributed by atoms with E-state index in [4.69, 9.17) is 0 Å². The zero-order valence-corrected chi connectivity index (χ0v) is 10.7. The molecule has 0 aromatic carbocycles. The number of aromatic nitrogens is 2. The fraction of sp³-hybridized carbons (Fsp3) is 0.400. The van der Waals surface area contributed by atoms with Crippen LogP contribution in [0.1, 0.15) is 14.8 Å². The summed E-state index contributed by atoms with van der Waals surface area (Å²) in [4.78, 5) is 4.85. The first-order valence-electron chi connectivity index (χ1n) is 4.71. The minimum absolute atomic E-state index is 0.910. The molecule has 0 saturated carbocycles. The summed E-state index contributed by atoms with van der Waals surface area (Å²) in [6, 6.07) is 4.32. The number of anilines is 1. The van der Waals surface area contributed by atoms with Gasteiger partial charge in [-0.3, -0.25) is 0 Å². The van der Waals surface area contributed by atoms with E-state index >= 15 is 0 Å². The lowest BCUT2D eigenvalue weighted by atomic mass is 10.4. The molecular weight excluding hydrogens is 226 g/mol. The van der Waals surface area contributed by atoms with Gasteiger partial charge in [0.05, 0.1) is 6.54 Å². The smallest absolute Gasteiger partial charge is 0.208 e. The van der Waals surface area contributed by atoms with E-state index < -0.39 is 0 Å². The van der Waals surface area contributed by atoms with Gasteiger partial charge in [0.25, 0.3) is 0 Å². The zero-order chi connectivity index (χ0) is 10.8. The number of aryl methyl sites for hydroxylation is 2. The average Bonchev–Trinajstić information content (AvgIpc) is 2.75. The monoisotopic (exact) mass is 239 g/mol. The second kappa shape index (κ2) is 4.28. The Bertz CT molecular complexity index is 447. The summed E-state index contributed by atoms with van der Waals surface area (Å²) in [5.41, 5.74) is 0. The van der Waals surface area contributed by atoms with Crippen molar-refractivity contribution in [2.75, 3.05) is 11.9 Å². The first-order valence-corrected chi connectivity index (χ1v) is 6.35. The van der Waals surface area contributed by atoms with E-state index in [2.05, 4.69) is 41.2 Å². The molecule has 0 amide bonds. The first-order chi connectivity index (χ1) is 7.15. The van der Waals surface area contributed by atoms with Crippen molar-refractivity contribution in [1.82, 2.24) is 10.2 Å². The van der Waals surface area contributed by atoms with Gasteiger partial charge < -0.3 is 4.90 Å². The van der Waals surface area contributed by atoms with Crippen molar-refractivity contribution in [2.45, 2.75) is 20.4 Å². The number of thiophene rings is 1. The van der Waals surface area contributed by atoms with Gasteiger partial charge in [0, 0.05) is 16.8 Å². The van der Waals surface area contributed by atoms with Crippen molar-refractivity contribution in [2.24, 2.45) is 0 Å². The van der Waals surface area contributed by atoms with Gasteiger partial charge in [0.2, 0.25) is 5.13 Å². The lowest BCUT2D eigenvalue weighted by molar-refractivity contribution is 0.902. The molecule has 0 aliphatic rings. The highest BCUT2D eigenvalue weighted by Gasteiger charge is 2.08. The largest absolute Gasteiger partial charge is 0.345 e. The Balaban J connectivity index is 2.06. The molecule has 2 rings (SSSR count). The van der Waals surface area contributed by atoms with Crippen LogP contribution in [-0.4, -0.2) is 17.2 Å². The van der Waals surface area contributed by atoms with E-state index in [9.17, 15) is 0 Å². The molecule has 2 aromatic rings. The molecule has 2 aromatic heterocycles. The molecule has 80 valence electrons. The van der Waals surface area contributed by atoms with Crippen molar-refractivity contribution in [3.8, 4) is 0 Å². The van der Waals surface area contributed by atoms with Crippen LogP contribution in [0.5, 0.6) is 0 Å². The van der Waals surface area contributed by atoms with Gasteiger partial charge in [-0.1, -0.05) is 11.3 Å². The summed E-state index contributed by atoms with van der Waals surface area (Å²) in [5, 5.41) is 10.1. The van der Waals surface area contributed by atoms with Crippen LogP contribution in [0.25, 0.3) is 0 Å². The summed E-state index contributed by atoms with van der Waals surface area (Å²) in [6.07, 6.45) is 0. The Morgan fingerprint density at radius 1 is 1.20 bits per heavy atom. The molecule has 0 fully saturated rings. The Morgan fingerprint density at radius 2 is 2.00 bits per heavy atom. The summed E-state index contributed by atoms with van der Waals surface area (Å²) in [5.74, 6) is 0. The van der Waals surface area contributed by atoms with Crippen LogP contribution in [0.15, 0.2) is 12.1 Å². The van der Waals surface area contributed by atoms with Crippen molar-refractivity contribution in [3.05, 3.63) is 26.9 Å². The minimum atomic E-state index is 0.910. The van der Waals surface area contributed by atoms with Gasteiger partial charge in [0.15, 0.2) is 0 Å². The molecule has 5 heteroatoms. The van der Waals surface area contributed by atoms with Gasteiger partial charge in [0.1, 0.15) is 5.01 Å². The quantitative estimate of drug-likeness (QED) is 0.824. The molecule has 2 heterocycles. The van der Waals surface area contributed by atoms with E-state index in [1.54, 1.807) is 11.3 Å². The van der Waals surface area contributed by atoms with E-state index in [-0.39, 0.29) is 0 Å². The predicted molar refractivity (Wildman–Crippen MR) is 65.8 cm³/mol. The minimum Gasteiger partial charge on any atom is -0.345 e. The maximum Gasteiger partial charge on any atom is 0.208 e. The first kappa shape index (κ1) is 10.6. The van der Waals surface area contributed by atoms with Crippen LogP contribution in [0.2, 0.25) is 0 Å². The normalized spacial score (nSPS) is 10.6. The summed E-state index contributed by atoms with van der Waals surface area (Å²) in [7, 11) is 2.05. The fourth-order valence-corrected chi connectivity index (χ4v) is 2.90. The molecular formula is C10H13N3S2. The van der Waals surface area contributed by atoms with Crippen LogP contribution >= 0.6 is 22.7 Å². The molecule has 0 bridgehead atoms. The third-order valence-corrected chi connectivity index (χ3v) is 3.97. The van der Waals surface area contributed by atoms with Crippen LogP contribution in [-0.2, 0) is 6.54 Å². The topological polar surface area (TPSA) is 29.0 Å². The van der Waals surface area contributed by atoms with Crippen molar-refractivity contribution in [3.63, 3.8) is 0 Å². The number of hydrogen-bond donors (Lipinski definition) is 0. The Morgan fingerprint density at radius 3 is 2.53 bits per heavy atom. The molecule has 0 unspecified atom stereocenters. The van der Waals surface area contributed by atoms with Gasteiger partial charge >= 0.3 is 0 Å². The van der Waals surface area contributed by atoms with E-state index in [1.165, 1.54) is 9.75 Å². The fourth-order valence-electron chi connectivity index (χ4n) is 1.31. The Labute approximate surface area is 97.4 Å². The van der Waals surface area contributed by atoms with Crippen LogP contribution in [0, 0.1) is 13.8 Å². The van der Waals surface area contributed by atoms with Gasteiger partial charge in [-0.25, -0.2) is 0 Å². The molecule has 3 nitrogen and oxygen atoms in total. The third-order valence-electron chi connectivity index (χ3n) is 2.03. The molecule has 0 saturated heterocycles. The van der Waals surface area contributed by atoms with Crippen molar-refractivity contribution >= 4 is 27.8 Å². The second-order valence-corrected chi connectivity index (χ2v) is 6.00. The Hall–Kier alpha value is -0.940. The maximum atomic E-state index is 4.12. The van der Waals surface area contributed by atoms with Crippen LogP contribution in [0.4, 0.5) is 5.13 Å². The molecule has 0 aliphatic heterocycles. The highest BCUT2D eigenvalue weighted by molar-refractivity contribution is 7.15. The molecule has 0 spiro atoms. The van der Waals surface area contributed by atoms with Gasteiger partial charge in [-0.2, -0.15) is 0 Å². The molecule has 15 heavy (non-hydrogen) atoms. The zero-order valence-electron chi connectivity index (χ0n) is 9.02. The van der Waals surface area contributed by atoms with Gasteiger partial charge in [-0.05, 0) is 26.0 Å².